The van der Waals surface area contributed by atoms with Gasteiger partial charge in [-0.2, -0.15) is 0 Å². The van der Waals surface area contributed by atoms with E-state index >= 15 is 0 Å². The molecule has 1 aromatic rings. The fourth-order valence-electron chi connectivity index (χ4n) is 2.22. The molecule has 0 unspecified atom stereocenters. The molecule has 0 radical (unpaired) electrons. The van der Waals surface area contributed by atoms with Gasteiger partial charge in [-0.25, -0.2) is 9.97 Å². The molecule has 2 rings (SSSR count). The van der Waals surface area contributed by atoms with Crippen LogP contribution >= 0.6 is 0 Å². The number of aromatic nitrogens is 2. The molecule has 0 saturated carbocycles. The maximum Gasteiger partial charge on any atom is 0.218 e. The Morgan fingerprint density at radius 1 is 1.37 bits per heavy atom. The second kappa shape index (κ2) is 6.16. The lowest BCUT2D eigenvalue weighted by molar-refractivity contribution is 0.0317. The predicted octanol–water partition coefficient (Wildman–Crippen LogP) is 1.01. The van der Waals surface area contributed by atoms with Crippen LogP contribution in [0.3, 0.4) is 0 Å². The lowest BCUT2D eigenvalue weighted by Gasteiger charge is -2.35. The summed E-state index contributed by atoms with van der Waals surface area (Å²) in [5.74, 6) is 1.35. The maximum absolute atomic E-state index is 5.36. The van der Waals surface area contributed by atoms with Gasteiger partial charge >= 0.3 is 0 Å². The Kier molecular flexibility index (Phi) is 4.55. The topological polar surface area (TPSA) is 59.5 Å². The molecule has 6 heteroatoms. The van der Waals surface area contributed by atoms with Crippen LogP contribution in [0, 0.1) is 0 Å². The average Bonchev–Trinajstić information content (AvgIpc) is 2.39. The summed E-state index contributed by atoms with van der Waals surface area (Å²) in [7, 11) is 1.60. The molecular weight excluding hydrogens is 244 g/mol. The molecule has 1 fully saturated rings. The SMILES string of the molecule is COc1cc(NC(C)(C)CN2CCOCC2)ncn1. The molecule has 1 aliphatic heterocycles. The molecule has 0 bridgehead atoms. The summed E-state index contributed by atoms with van der Waals surface area (Å²) in [4.78, 5) is 10.6. The first-order valence-corrected chi connectivity index (χ1v) is 6.53. The smallest absolute Gasteiger partial charge is 0.218 e. The van der Waals surface area contributed by atoms with Gasteiger partial charge in [0.15, 0.2) is 0 Å². The minimum atomic E-state index is -0.0727. The third-order valence-corrected chi connectivity index (χ3v) is 3.04. The number of methoxy groups -OCH3 is 1. The van der Waals surface area contributed by atoms with Crippen LogP contribution in [-0.2, 0) is 4.74 Å². The van der Waals surface area contributed by atoms with Gasteiger partial charge in [-0.05, 0) is 13.8 Å². The molecule has 1 aromatic heterocycles. The van der Waals surface area contributed by atoms with Crippen molar-refractivity contribution in [1.82, 2.24) is 14.9 Å². The van der Waals surface area contributed by atoms with Gasteiger partial charge in [0.1, 0.15) is 12.1 Å². The van der Waals surface area contributed by atoms with E-state index in [1.165, 1.54) is 6.33 Å². The van der Waals surface area contributed by atoms with Crippen molar-refractivity contribution in [2.24, 2.45) is 0 Å². The summed E-state index contributed by atoms with van der Waals surface area (Å²) in [6.07, 6.45) is 1.51. The highest BCUT2D eigenvalue weighted by molar-refractivity contribution is 5.39. The lowest BCUT2D eigenvalue weighted by atomic mass is 10.0. The van der Waals surface area contributed by atoms with E-state index in [9.17, 15) is 0 Å². The number of ether oxygens (including phenoxy) is 2. The van der Waals surface area contributed by atoms with Crippen LogP contribution in [0.2, 0.25) is 0 Å². The van der Waals surface area contributed by atoms with Crippen LogP contribution in [0.1, 0.15) is 13.8 Å². The molecule has 0 aromatic carbocycles. The minimum Gasteiger partial charge on any atom is -0.481 e. The zero-order valence-electron chi connectivity index (χ0n) is 11.8. The summed E-state index contributed by atoms with van der Waals surface area (Å²) in [5, 5.41) is 3.43. The highest BCUT2D eigenvalue weighted by Gasteiger charge is 2.23. The number of rotatable bonds is 5. The van der Waals surface area contributed by atoms with E-state index in [4.69, 9.17) is 9.47 Å². The van der Waals surface area contributed by atoms with Crippen molar-refractivity contribution in [3.05, 3.63) is 12.4 Å². The monoisotopic (exact) mass is 266 g/mol. The van der Waals surface area contributed by atoms with Crippen molar-refractivity contribution < 1.29 is 9.47 Å². The summed E-state index contributed by atoms with van der Waals surface area (Å²) in [6, 6.07) is 1.81. The first-order chi connectivity index (χ1) is 9.09. The van der Waals surface area contributed by atoms with Crippen LogP contribution in [0.5, 0.6) is 5.88 Å². The third kappa shape index (κ3) is 4.33. The quantitative estimate of drug-likeness (QED) is 0.858. The van der Waals surface area contributed by atoms with Crippen LogP contribution < -0.4 is 10.1 Å². The molecule has 0 amide bonds. The van der Waals surface area contributed by atoms with Crippen LogP contribution in [-0.4, -0.2) is 60.4 Å². The zero-order chi connectivity index (χ0) is 13.7. The van der Waals surface area contributed by atoms with Gasteiger partial charge in [-0.15, -0.1) is 0 Å². The van der Waals surface area contributed by atoms with Gasteiger partial charge in [0.05, 0.1) is 20.3 Å². The van der Waals surface area contributed by atoms with Gasteiger partial charge in [-0.3, -0.25) is 4.90 Å². The Morgan fingerprint density at radius 2 is 2.11 bits per heavy atom. The Balaban J connectivity index is 1.94. The van der Waals surface area contributed by atoms with E-state index in [1.807, 2.05) is 0 Å². The molecule has 0 spiro atoms. The van der Waals surface area contributed by atoms with E-state index in [-0.39, 0.29) is 5.54 Å². The van der Waals surface area contributed by atoms with Crippen molar-refractivity contribution in [3.8, 4) is 5.88 Å². The number of morpholine rings is 1. The Hall–Kier alpha value is -1.40. The van der Waals surface area contributed by atoms with Gasteiger partial charge < -0.3 is 14.8 Å². The molecule has 0 aliphatic carbocycles. The second-order valence-electron chi connectivity index (χ2n) is 5.34. The summed E-state index contributed by atoms with van der Waals surface area (Å²) in [5.41, 5.74) is -0.0727. The van der Waals surface area contributed by atoms with Crippen molar-refractivity contribution in [2.45, 2.75) is 19.4 Å². The summed E-state index contributed by atoms with van der Waals surface area (Å²) < 4.78 is 10.5. The number of nitrogens with one attached hydrogen (secondary N) is 1. The van der Waals surface area contributed by atoms with E-state index in [2.05, 4.69) is 34.0 Å². The fraction of sp³-hybridized carbons (Fsp3) is 0.692. The zero-order valence-corrected chi connectivity index (χ0v) is 11.8. The Morgan fingerprint density at radius 3 is 2.79 bits per heavy atom. The first kappa shape index (κ1) is 14.0. The second-order valence-corrected chi connectivity index (χ2v) is 5.34. The third-order valence-electron chi connectivity index (χ3n) is 3.04. The minimum absolute atomic E-state index is 0.0727. The highest BCUT2D eigenvalue weighted by atomic mass is 16.5. The molecule has 0 atom stereocenters. The number of hydrogen-bond donors (Lipinski definition) is 1. The summed E-state index contributed by atoms with van der Waals surface area (Å²) >= 11 is 0. The molecule has 2 heterocycles. The van der Waals surface area contributed by atoms with E-state index in [0.29, 0.717) is 5.88 Å². The van der Waals surface area contributed by atoms with E-state index < -0.39 is 0 Å². The Bertz CT molecular complexity index is 405. The van der Waals surface area contributed by atoms with E-state index in [0.717, 1.165) is 38.7 Å². The predicted molar refractivity (Wildman–Crippen MR) is 73.5 cm³/mol. The first-order valence-electron chi connectivity index (χ1n) is 6.53. The molecule has 106 valence electrons. The molecular formula is C13H22N4O2. The average molecular weight is 266 g/mol. The van der Waals surface area contributed by atoms with Gasteiger partial charge in [0.2, 0.25) is 5.88 Å². The van der Waals surface area contributed by atoms with Gasteiger partial charge in [-0.1, -0.05) is 0 Å². The number of nitrogens with zero attached hydrogens (tertiary/aromatic N) is 3. The van der Waals surface area contributed by atoms with Crippen LogP contribution in [0.15, 0.2) is 12.4 Å². The van der Waals surface area contributed by atoms with Crippen LogP contribution in [0.4, 0.5) is 5.82 Å². The Labute approximate surface area is 114 Å². The van der Waals surface area contributed by atoms with Gasteiger partial charge in [0.25, 0.3) is 0 Å². The normalized spacial score (nSPS) is 17.2. The molecule has 1 aliphatic rings. The van der Waals surface area contributed by atoms with Crippen molar-refractivity contribution in [2.75, 3.05) is 45.3 Å². The van der Waals surface area contributed by atoms with Crippen molar-refractivity contribution in [3.63, 3.8) is 0 Å². The van der Waals surface area contributed by atoms with Crippen LogP contribution in [0.25, 0.3) is 0 Å². The molecule has 1 saturated heterocycles. The largest absolute Gasteiger partial charge is 0.481 e. The number of anilines is 1. The maximum atomic E-state index is 5.36. The molecule has 6 nitrogen and oxygen atoms in total. The van der Waals surface area contributed by atoms with Crippen molar-refractivity contribution >= 4 is 5.82 Å². The standard InChI is InChI=1S/C13H22N4O2/c1-13(2,9-17-4-6-19-7-5-17)16-11-8-12(18-3)15-10-14-11/h8,10H,4-7,9H2,1-3H3,(H,14,15,16). The fourth-order valence-corrected chi connectivity index (χ4v) is 2.22. The lowest BCUT2D eigenvalue weighted by Crippen LogP contribution is -2.48. The molecule has 19 heavy (non-hydrogen) atoms. The van der Waals surface area contributed by atoms with E-state index in [1.54, 1.807) is 13.2 Å². The number of hydrogen-bond acceptors (Lipinski definition) is 6. The summed E-state index contributed by atoms with van der Waals surface area (Å²) in [6.45, 7) is 8.88. The van der Waals surface area contributed by atoms with Gasteiger partial charge in [0, 0.05) is 31.2 Å². The molecule has 1 N–H and O–H groups in total. The van der Waals surface area contributed by atoms with Crippen molar-refractivity contribution in [1.29, 1.82) is 0 Å². The highest BCUT2D eigenvalue weighted by Crippen LogP contribution is 2.17.